The number of nitrogens with one attached hydrogen (secondary N) is 2. The molecule has 1 saturated carbocycles. The number of hydrazine groups is 1. The van der Waals surface area contributed by atoms with Crippen LogP contribution < -0.4 is 10.9 Å². The predicted molar refractivity (Wildman–Crippen MR) is 190 cm³/mol. The van der Waals surface area contributed by atoms with Crippen molar-refractivity contribution in [2.24, 2.45) is 22.7 Å². The van der Waals surface area contributed by atoms with E-state index in [4.69, 9.17) is 11.6 Å². The number of carbonyl (C=O) groups is 4. The smallest absolute Gasteiger partial charge is 0.257 e. The Hall–Kier alpha value is -3.86. The van der Waals surface area contributed by atoms with Gasteiger partial charge in [0.25, 0.3) is 5.91 Å². The van der Waals surface area contributed by atoms with Crippen LogP contribution in [0.5, 0.6) is 0 Å². The summed E-state index contributed by atoms with van der Waals surface area (Å²) in [5, 5.41) is 5.09. The lowest BCUT2D eigenvalue weighted by Crippen LogP contribution is -2.61. The third kappa shape index (κ3) is 10.1. The summed E-state index contributed by atoms with van der Waals surface area (Å²) in [4.78, 5) is 49.7. The van der Waals surface area contributed by atoms with Crippen LogP contribution in [-0.2, 0) is 27.3 Å². The highest BCUT2D eigenvalue weighted by Crippen LogP contribution is 2.49. The first-order valence-electron chi connectivity index (χ1n) is 16.6. The zero-order chi connectivity index (χ0) is 35.5. The van der Waals surface area contributed by atoms with Crippen LogP contribution in [-0.4, -0.2) is 84.2 Å². The molecule has 10 nitrogen and oxygen atoms in total. The predicted octanol–water partition coefficient (Wildman–Crippen LogP) is 4.83. The van der Waals surface area contributed by atoms with Gasteiger partial charge in [0.2, 0.25) is 5.91 Å². The monoisotopic (exact) mass is 678 g/mol. The fraction of sp³-hybridized carbons (Fsp3) is 0.486. The number of amides is 2. The molecule has 2 amide bonds. The van der Waals surface area contributed by atoms with Gasteiger partial charge in [0.15, 0.2) is 0 Å². The molecule has 1 aromatic heterocycles. The van der Waals surface area contributed by atoms with Crippen molar-refractivity contribution in [1.29, 1.82) is 0 Å². The summed E-state index contributed by atoms with van der Waals surface area (Å²) >= 11 is 5.79. The number of benzene rings is 2. The summed E-state index contributed by atoms with van der Waals surface area (Å²) < 4.78 is 1.77. The van der Waals surface area contributed by atoms with Gasteiger partial charge < -0.3 is 19.4 Å². The molecule has 0 radical (unpaired) electrons. The van der Waals surface area contributed by atoms with Gasteiger partial charge in [-0.2, -0.15) is 5.10 Å². The minimum absolute atomic E-state index is 0.0503. The van der Waals surface area contributed by atoms with Gasteiger partial charge in [-0.25, -0.2) is 5.43 Å². The molecule has 2 saturated heterocycles. The molecule has 2 atom stereocenters. The molecule has 1 aliphatic carbocycles. The van der Waals surface area contributed by atoms with E-state index in [1.807, 2.05) is 76.3 Å². The van der Waals surface area contributed by atoms with E-state index in [-0.39, 0.29) is 23.1 Å². The lowest BCUT2D eigenvalue weighted by atomic mass is 9.71. The van der Waals surface area contributed by atoms with Crippen LogP contribution in [0.4, 0.5) is 0 Å². The van der Waals surface area contributed by atoms with Crippen molar-refractivity contribution in [3.05, 3.63) is 88.2 Å². The van der Waals surface area contributed by atoms with E-state index < -0.39 is 0 Å². The standard InChI is InChI=1S/C20H26N6O2.C9H9ClO.C6H10O.C2H6/c1-21-23-18(27)17-11-25(14-20(17)12-24(2)13-20)19(28)16-8-22-26(10-16)9-15-6-4-3-5-7-15;1-7-6-8(4-5-11)2-3-9(7)10;1-6(2)3-5(6)4-7;1-2/h3-8,10,17,21H,9,11-14H2,1-2H3,(H,23,27);2-3,5-6H,4H2,1H3;4-5H,3H2,1-2H3;1-2H3. The third-order valence-corrected chi connectivity index (χ3v) is 9.46. The van der Waals surface area contributed by atoms with Gasteiger partial charge >= 0.3 is 0 Å². The molecule has 3 heterocycles. The first-order valence-corrected chi connectivity index (χ1v) is 16.9. The second-order valence-corrected chi connectivity index (χ2v) is 13.7. The summed E-state index contributed by atoms with van der Waals surface area (Å²) in [5.41, 5.74) is 9.33. The summed E-state index contributed by atoms with van der Waals surface area (Å²) in [6.45, 7) is 13.5. The van der Waals surface area contributed by atoms with Crippen LogP contribution in [0, 0.1) is 29.6 Å². The van der Waals surface area contributed by atoms with E-state index in [0.29, 0.717) is 43.0 Å². The molecule has 2 aliphatic heterocycles. The molecule has 0 bridgehead atoms. The summed E-state index contributed by atoms with van der Waals surface area (Å²) in [5.74, 6) is 0.0469. The van der Waals surface area contributed by atoms with E-state index in [2.05, 4.69) is 34.7 Å². The number of hydrogen-bond donors (Lipinski definition) is 2. The topological polar surface area (TPSA) is 117 Å². The summed E-state index contributed by atoms with van der Waals surface area (Å²) in [6.07, 6.45) is 6.92. The highest BCUT2D eigenvalue weighted by Gasteiger charge is 2.56. The number of hydrogen-bond acceptors (Lipinski definition) is 7. The fourth-order valence-electron chi connectivity index (χ4n) is 6.23. The first kappa shape index (κ1) is 38.6. The van der Waals surface area contributed by atoms with Gasteiger partial charge in [0.05, 0.1) is 24.2 Å². The van der Waals surface area contributed by atoms with Crippen molar-refractivity contribution in [2.75, 3.05) is 40.3 Å². The van der Waals surface area contributed by atoms with Gasteiger partial charge in [0, 0.05) is 62.2 Å². The lowest BCUT2D eigenvalue weighted by Gasteiger charge is -2.48. The van der Waals surface area contributed by atoms with Gasteiger partial charge in [-0.3, -0.25) is 19.7 Å². The van der Waals surface area contributed by atoms with Crippen LogP contribution in [0.3, 0.4) is 0 Å². The van der Waals surface area contributed by atoms with Gasteiger partial charge in [-0.15, -0.1) is 0 Å². The Morgan fingerprint density at radius 1 is 1.04 bits per heavy atom. The minimum atomic E-state index is -0.209. The van der Waals surface area contributed by atoms with Crippen molar-refractivity contribution in [3.8, 4) is 0 Å². The van der Waals surface area contributed by atoms with Crippen LogP contribution in [0.1, 0.15) is 61.2 Å². The van der Waals surface area contributed by atoms with Crippen LogP contribution >= 0.6 is 11.6 Å². The summed E-state index contributed by atoms with van der Waals surface area (Å²) in [7, 11) is 3.72. The van der Waals surface area contributed by atoms with Gasteiger partial charge in [-0.1, -0.05) is 81.8 Å². The quantitative estimate of drug-likeness (QED) is 0.259. The number of halogens is 1. The SMILES string of the molecule is CC.CC1(C)CC1C=O.CNNC(=O)C1CN(C(=O)c2cnn(Cc3ccccc3)c2)CC12CN(C)C2.Cc1cc(CC=O)ccc1Cl. The zero-order valence-corrected chi connectivity index (χ0v) is 30.1. The number of aldehydes is 2. The molecule has 2 unspecified atom stereocenters. The Kier molecular flexibility index (Phi) is 14.1. The normalized spacial score (nSPS) is 19.6. The van der Waals surface area contributed by atoms with Crippen LogP contribution in [0.25, 0.3) is 0 Å². The first-order chi connectivity index (χ1) is 22.9. The highest BCUT2D eigenvalue weighted by molar-refractivity contribution is 6.31. The second kappa shape index (κ2) is 17.5. The van der Waals surface area contributed by atoms with E-state index >= 15 is 0 Å². The minimum Gasteiger partial charge on any atom is -0.337 e. The Bertz CT molecular complexity index is 1520. The molecule has 3 fully saturated rings. The molecule has 48 heavy (non-hydrogen) atoms. The molecule has 1 spiro atoms. The van der Waals surface area contributed by atoms with E-state index in [1.165, 1.54) is 0 Å². The summed E-state index contributed by atoms with van der Waals surface area (Å²) in [6, 6.07) is 15.6. The number of aryl methyl sites for hydroxylation is 1. The molecule has 11 heteroatoms. The fourth-order valence-corrected chi connectivity index (χ4v) is 6.35. The van der Waals surface area contributed by atoms with Crippen molar-refractivity contribution in [2.45, 2.75) is 54.0 Å². The van der Waals surface area contributed by atoms with Crippen molar-refractivity contribution in [1.82, 2.24) is 30.4 Å². The van der Waals surface area contributed by atoms with Gasteiger partial charge in [0.1, 0.15) is 12.6 Å². The van der Waals surface area contributed by atoms with E-state index in [0.717, 1.165) is 53.8 Å². The van der Waals surface area contributed by atoms with Crippen molar-refractivity contribution >= 4 is 36.0 Å². The molecular weight excluding hydrogens is 628 g/mol. The van der Waals surface area contributed by atoms with Crippen LogP contribution in [0.2, 0.25) is 5.02 Å². The van der Waals surface area contributed by atoms with Crippen LogP contribution in [0.15, 0.2) is 60.9 Å². The number of likely N-dealkylation sites (tertiary alicyclic amines) is 2. The average Bonchev–Trinajstić information content (AvgIpc) is 3.36. The molecule has 6 rings (SSSR count). The molecule has 3 aromatic rings. The maximum atomic E-state index is 13.1. The molecular formula is C37H51ClN6O4. The molecule has 3 aliphatic rings. The van der Waals surface area contributed by atoms with E-state index in [1.54, 1.807) is 29.0 Å². The average molecular weight is 679 g/mol. The van der Waals surface area contributed by atoms with Crippen molar-refractivity contribution < 1.29 is 19.2 Å². The van der Waals surface area contributed by atoms with Gasteiger partial charge in [-0.05, 0) is 48.6 Å². The van der Waals surface area contributed by atoms with Crippen molar-refractivity contribution in [3.63, 3.8) is 0 Å². The third-order valence-electron chi connectivity index (χ3n) is 9.03. The second-order valence-electron chi connectivity index (χ2n) is 13.3. The molecule has 260 valence electrons. The maximum absolute atomic E-state index is 13.1. The Morgan fingerprint density at radius 3 is 2.23 bits per heavy atom. The Balaban J connectivity index is 0.000000255. The van der Waals surface area contributed by atoms with E-state index in [9.17, 15) is 19.2 Å². The number of carbonyl (C=O) groups excluding carboxylic acids is 4. The maximum Gasteiger partial charge on any atom is 0.257 e. The Morgan fingerprint density at radius 2 is 1.71 bits per heavy atom. The largest absolute Gasteiger partial charge is 0.337 e. The molecule has 2 N–H and O–H groups in total. The lowest BCUT2D eigenvalue weighted by molar-refractivity contribution is -0.132. The highest BCUT2D eigenvalue weighted by atomic mass is 35.5. The molecule has 2 aromatic carbocycles. The zero-order valence-electron chi connectivity index (χ0n) is 29.3. The number of nitrogens with zero attached hydrogens (tertiary/aromatic N) is 4. The number of aromatic nitrogens is 2. The Labute approximate surface area is 290 Å². The number of rotatable bonds is 8.